The van der Waals surface area contributed by atoms with Gasteiger partial charge in [-0.05, 0) is 17.7 Å². The van der Waals surface area contributed by atoms with Crippen LogP contribution in [0.15, 0.2) is 48.5 Å². The first-order chi connectivity index (χ1) is 8.76. The number of hydrogen-bond donors (Lipinski definition) is 0. The predicted molar refractivity (Wildman–Crippen MR) is 75.5 cm³/mol. The first-order valence-electron chi connectivity index (χ1n) is 5.59. The van der Waals surface area contributed by atoms with Crippen LogP contribution < -0.4 is 4.74 Å². The second-order valence-electron chi connectivity index (χ2n) is 3.86. The highest BCUT2D eigenvalue weighted by atomic mass is 79.9. The van der Waals surface area contributed by atoms with Gasteiger partial charge in [0, 0.05) is 10.9 Å². The lowest BCUT2D eigenvalue weighted by Gasteiger charge is -2.09. The minimum absolute atomic E-state index is 0.0183. The molecule has 0 fully saturated rings. The molecule has 0 heterocycles. The van der Waals surface area contributed by atoms with Crippen molar-refractivity contribution in [3.63, 3.8) is 0 Å². The van der Waals surface area contributed by atoms with Crippen molar-refractivity contribution in [2.24, 2.45) is 0 Å². The Labute approximate surface area is 115 Å². The van der Waals surface area contributed by atoms with Crippen molar-refractivity contribution in [3.8, 4) is 5.75 Å². The Morgan fingerprint density at radius 3 is 2.50 bits per heavy atom. The van der Waals surface area contributed by atoms with E-state index in [1.54, 1.807) is 7.11 Å². The largest absolute Gasteiger partial charge is 0.496 e. The van der Waals surface area contributed by atoms with Crippen LogP contribution in [0.4, 0.5) is 0 Å². The molecule has 0 N–H and O–H groups in total. The Morgan fingerprint density at radius 1 is 1.17 bits per heavy atom. The van der Waals surface area contributed by atoms with E-state index >= 15 is 0 Å². The second-order valence-corrected chi connectivity index (χ2v) is 4.42. The molecule has 0 amide bonds. The molecule has 2 rings (SSSR count). The summed E-state index contributed by atoms with van der Waals surface area (Å²) in [5.41, 5.74) is 2.32. The molecule has 92 valence electrons. The van der Waals surface area contributed by atoms with Crippen molar-refractivity contribution in [3.05, 3.63) is 65.2 Å². The maximum absolute atomic E-state index is 12.4. The summed E-state index contributed by atoms with van der Waals surface area (Å²) >= 11 is 3.39. The SMILES string of the molecule is COc1ccc(CBr)cc1C(=O)c1ccccc1. The fourth-order valence-electron chi connectivity index (χ4n) is 1.76. The quantitative estimate of drug-likeness (QED) is 0.634. The average Bonchev–Trinajstić information content (AvgIpc) is 2.46. The fraction of sp³-hybridized carbons (Fsp3) is 0.133. The number of alkyl halides is 1. The summed E-state index contributed by atoms with van der Waals surface area (Å²) in [6, 6.07) is 14.8. The third-order valence-corrected chi connectivity index (χ3v) is 3.35. The molecule has 0 aliphatic rings. The molecule has 0 radical (unpaired) electrons. The molecule has 0 bridgehead atoms. The van der Waals surface area contributed by atoms with Crippen molar-refractivity contribution in [2.45, 2.75) is 5.33 Å². The van der Waals surface area contributed by atoms with Gasteiger partial charge in [0.15, 0.2) is 5.78 Å². The third-order valence-electron chi connectivity index (χ3n) is 2.70. The van der Waals surface area contributed by atoms with Gasteiger partial charge in [0.05, 0.1) is 12.7 Å². The van der Waals surface area contributed by atoms with Crippen LogP contribution in [0.5, 0.6) is 5.75 Å². The Kier molecular flexibility index (Phi) is 4.15. The van der Waals surface area contributed by atoms with Crippen molar-refractivity contribution in [1.82, 2.24) is 0 Å². The zero-order valence-electron chi connectivity index (χ0n) is 10.0. The third kappa shape index (κ3) is 2.62. The Hall–Kier alpha value is -1.61. The van der Waals surface area contributed by atoms with Gasteiger partial charge in [0.2, 0.25) is 0 Å². The number of ether oxygens (including phenoxy) is 1. The average molecular weight is 305 g/mol. The van der Waals surface area contributed by atoms with Gasteiger partial charge in [-0.3, -0.25) is 4.79 Å². The number of carbonyl (C=O) groups excluding carboxylic acids is 1. The molecule has 0 aliphatic carbocycles. The van der Waals surface area contributed by atoms with Gasteiger partial charge < -0.3 is 4.74 Å². The van der Waals surface area contributed by atoms with Gasteiger partial charge in [-0.1, -0.05) is 52.3 Å². The van der Waals surface area contributed by atoms with Crippen LogP contribution >= 0.6 is 15.9 Å². The number of ketones is 1. The molecule has 3 heteroatoms. The van der Waals surface area contributed by atoms with Crippen LogP contribution in [-0.2, 0) is 5.33 Å². The highest BCUT2D eigenvalue weighted by Crippen LogP contribution is 2.24. The highest BCUT2D eigenvalue weighted by molar-refractivity contribution is 9.08. The van der Waals surface area contributed by atoms with Crippen LogP contribution in [-0.4, -0.2) is 12.9 Å². The predicted octanol–water partition coefficient (Wildman–Crippen LogP) is 3.82. The first kappa shape index (κ1) is 12.8. The van der Waals surface area contributed by atoms with Crippen molar-refractivity contribution in [1.29, 1.82) is 0 Å². The molecular formula is C15H13BrO2. The van der Waals surface area contributed by atoms with E-state index in [9.17, 15) is 4.79 Å². The molecule has 0 aromatic heterocycles. The van der Waals surface area contributed by atoms with Gasteiger partial charge in [0.1, 0.15) is 5.75 Å². The highest BCUT2D eigenvalue weighted by Gasteiger charge is 2.14. The summed E-state index contributed by atoms with van der Waals surface area (Å²) in [4.78, 5) is 12.4. The fourth-order valence-corrected chi connectivity index (χ4v) is 2.11. The van der Waals surface area contributed by atoms with Crippen LogP contribution in [0.25, 0.3) is 0 Å². The Balaban J connectivity index is 2.46. The lowest BCUT2D eigenvalue weighted by Crippen LogP contribution is -2.04. The molecule has 0 unspecified atom stereocenters. The summed E-state index contributed by atoms with van der Waals surface area (Å²) in [5.74, 6) is 0.587. The van der Waals surface area contributed by atoms with E-state index < -0.39 is 0 Å². The first-order valence-corrected chi connectivity index (χ1v) is 6.71. The van der Waals surface area contributed by atoms with E-state index in [0.29, 0.717) is 22.2 Å². The van der Waals surface area contributed by atoms with E-state index in [-0.39, 0.29) is 5.78 Å². The normalized spacial score (nSPS) is 10.1. The molecule has 2 aromatic rings. The topological polar surface area (TPSA) is 26.3 Å². The summed E-state index contributed by atoms with van der Waals surface area (Å²) in [7, 11) is 1.57. The molecule has 0 saturated heterocycles. The summed E-state index contributed by atoms with van der Waals surface area (Å²) in [6.45, 7) is 0. The second kappa shape index (κ2) is 5.83. The standard InChI is InChI=1S/C15H13BrO2/c1-18-14-8-7-11(10-16)9-13(14)15(17)12-5-3-2-4-6-12/h2-9H,10H2,1H3. The lowest BCUT2D eigenvalue weighted by molar-refractivity contribution is 0.103. The molecule has 2 aromatic carbocycles. The number of benzene rings is 2. The number of halogens is 1. The summed E-state index contributed by atoms with van der Waals surface area (Å²) in [5, 5.41) is 0.714. The molecular weight excluding hydrogens is 292 g/mol. The summed E-state index contributed by atoms with van der Waals surface area (Å²) < 4.78 is 5.25. The smallest absolute Gasteiger partial charge is 0.196 e. The van der Waals surface area contributed by atoms with Gasteiger partial charge in [0.25, 0.3) is 0 Å². The Morgan fingerprint density at radius 2 is 1.89 bits per heavy atom. The van der Waals surface area contributed by atoms with Gasteiger partial charge >= 0.3 is 0 Å². The van der Waals surface area contributed by atoms with Gasteiger partial charge in [-0.15, -0.1) is 0 Å². The summed E-state index contributed by atoms with van der Waals surface area (Å²) in [6.07, 6.45) is 0. The van der Waals surface area contributed by atoms with E-state index in [0.717, 1.165) is 5.56 Å². The maximum atomic E-state index is 12.4. The van der Waals surface area contributed by atoms with Crippen LogP contribution in [0.1, 0.15) is 21.5 Å². The van der Waals surface area contributed by atoms with E-state index in [1.807, 2.05) is 48.5 Å². The van der Waals surface area contributed by atoms with Crippen LogP contribution in [0.2, 0.25) is 0 Å². The van der Waals surface area contributed by atoms with Crippen molar-refractivity contribution in [2.75, 3.05) is 7.11 Å². The molecule has 18 heavy (non-hydrogen) atoms. The molecule has 0 spiro atoms. The molecule has 0 saturated carbocycles. The molecule has 0 atom stereocenters. The maximum Gasteiger partial charge on any atom is 0.196 e. The molecule has 0 aliphatic heterocycles. The van der Waals surface area contributed by atoms with Crippen LogP contribution in [0.3, 0.4) is 0 Å². The van der Waals surface area contributed by atoms with Crippen molar-refractivity contribution < 1.29 is 9.53 Å². The monoisotopic (exact) mass is 304 g/mol. The Bertz CT molecular complexity index is 550. The zero-order valence-corrected chi connectivity index (χ0v) is 11.6. The van der Waals surface area contributed by atoms with E-state index in [4.69, 9.17) is 4.74 Å². The molecule has 2 nitrogen and oxygen atoms in total. The number of methoxy groups -OCH3 is 1. The van der Waals surface area contributed by atoms with E-state index in [1.165, 1.54) is 0 Å². The number of rotatable bonds is 4. The minimum Gasteiger partial charge on any atom is -0.496 e. The minimum atomic E-state index is -0.0183. The van der Waals surface area contributed by atoms with Crippen LogP contribution in [0, 0.1) is 0 Å². The van der Waals surface area contributed by atoms with E-state index in [2.05, 4.69) is 15.9 Å². The lowest BCUT2D eigenvalue weighted by atomic mass is 10.0. The number of carbonyl (C=O) groups is 1. The van der Waals surface area contributed by atoms with Gasteiger partial charge in [-0.2, -0.15) is 0 Å². The van der Waals surface area contributed by atoms with Crippen molar-refractivity contribution >= 4 is 21.7 Å². The number of hydrogen-bond acceptors (Lipinski definition) is 2. The van der Waals surface area contributed by atoms with Gasteiger partial charge in [-0.25, -0.2) is 0 Å². The zero-order chi connectivity index (χ0) is 13.0.